The highest BCUT2D eigenvalue weighted by molar-refractivity contribution is 7.18. The predicted molar refractivity (Wildman–Crippen MR) is 79.9 cm³/mol. The smallest absolute Gasteiger partial charge is 0.344 e. The molecule has 2 N–H and O–H groups in total. The number of aromatic nitrogens is 1. The number of anilines is 1. The summed E-state index contributed by atoms with van der Waals surface area (Å²) in [7, 11) is 0. The van der Waals surface area contributed by atoms with Crippen LogP contribution in [0.1, 0.15) is 12.0 Å². The maximum Gasteiger partial charge on any atom is 0.345 e. The van der Waals surface area contributed by atoms with Crippen molar-refractivity contribution in [3.63, 3.8) is 0 Å². The van der Waals surface area contributed by atoms with Gasteiger partial charge in [0.1, 0.15) is 6.20 Å². The van der Waals surface area contributed by atoms with Crippen LogP contribution in [0.25, 0.3) is 0 Å². The second kappa shape index (κ2) is 6.97. The zero-order valence-corrected chi connectivity index (χ0v) is 11.8. The van der Waals surface area contributed by atoms with Crippen molar-refractivity contribution in [3.8, 4) is 0 Å². The van der Waals surface area contributed by atoms with Crippen LogP contribution < -0.4 is 10.6 Å². The Hall–Kier alpha value is -1.99. The molecule has 20 heavy (non-hydrogen) atoms. The van der Waals surface area contributed by atoms with Gasteiger partial charge in [-0.2, -0.15) is 0 Å². The van der Waals surface area contributed by atoms with Crippen LogP contribution in [0.5, 0.6) is 0 Å². The molecule has 1 aromatic heterocycles. The number of rotatable bonds is 7. The van der Waals surface area contributed by atoms with Crippen LogP contribution in [0.3, 0.4) is 0 Å². The van der Waals surface area contributed by atoms with Gasteiger partial charge in [-0.25, -0.2) is 4.98 Å². The van der Waals surface area contributed by atoms with Crippen molar-refractivity contribution in [2.24, 2.45) is 5.73 Å². The number of hydrogen-bond acceptors (Lipinski definition) is 6. The number of nitrogens with two attached hydrogens (primary N) is 1. The van der Waals surface area contributed by atoms with Crippen LogP contribution in [0, 0.1) is 10.1 Å². The molecule has 1 heterocycles. The molecule has 1 aromatic carbocycles. The third-order valence-corrected chi connectivity index (χ3v) is 3.79. The molecule has 0 amide bonds. The monoisotopic (exact) mass is 292 g/mol. The normalized spacial score (nSPS) is 10.4. The molecule has 0 atom stereocenters. The molecule has 0 fully saturated rings. The zero-order chi connectivity index (χ0) is 14.4. The summed E-state index contributed by atoms with van der Waals surface area (Å²) in [5, 5.41) is 11.5. The molecule has 106 valence electrons. The summed E-state index contributed by atoms with van der Waals surface area (Å²) in [6.07, 6.45) is 2.13. The average molecular weight is 292 g/mol. The van der Waals surface area contributed by atoms with E-state index in [2.05, 4.69) is 4.98 Å². The van der Waals surface area contributed by atoms with Gasteiger partial charge in [0, 0.05) is 13.1 Å². The van der Waals surface area contributed by atoms with Gasteiger partial charge in [-0.1, -0.05) is 30.3 Å². The van der Waals surface area contributed by atoms with E-state index in [-0.39, 0.29) is 5.00 Å². The standard InChI is InChI=1S/C13H16N4O2S/c14-7-4-8-16(10-11-5-2-1-3-6-11)13-15-9-12(20-13)17(18)19/h1-3,5-6,9H,4,7-8,10,14H2. The summed E-state index contributed by atoms with van der Waals surface area (Å²) >= 11 is 1.09. The first-order chi connectivity index (χ1) is 9.70. The molecule has 0 saturated heterocycles. The highest BCUT2D eigenvalue weighted by Gasteiger charge is 2.16. The largest absolute Gasteiger partial charge is 0.345 e. The van der Waals surface area contributed by atoms with Crippen molar-refractivity contribution in [1.82, 2.24) is 4.98 Å². The first-order valence-corrected chi connectivity index (χ1v) is 7.11. The molecular formula is C13H16N4O2S. The van der Waals surface area contributed by atoms with Gasteiger partial charge in [0.15, 0.2) is 5.13 Å². The Labute approximate surface area is 121 Å². The summed E-state index contributed by atoms with van der Waals surface area (Å²) in [5.74, 6) is 0. The first kappa shape index (κ1) is 14.4. The fraction of sp³-hybridized carbons (Fsp3) is 0.308. The SMILES string of the molecule is NCCCN(Cc1ccccc1)c1ncc([N+](=O)[O-])s1. The van der Waals surface area contributed by atoms with E-state index >= 15 is 0 Å². The maximum atomic E-state index is 10.7. The Balaban J connectivity index is 2.15. The molecule has 6 nitrogen and oxygen atoms in total. The van der Waals surface area contributed by atoms with E-state index in [0.717, 1.165) is 29.9 Å². The maximum absolute atomic E-state index is 10.7. The average Bonchev–Trinajstić information content (AvgIpc) is 2.94. The number of benzene rings is 1. The minimum absolute atomic E-state index is 0.0609. The third kappa shape index (κ3) is 3.75. The van der Waals surface area contributed by atoms with Gasteiger partial charge in [-0.05, 0) is 29.9 Å². The van der Waals surface area contributed by atoms with Crippen molar-refractivity contribution in [1.29, 1.82) is 0 Å². The number of hydrogen-bond donors (Lipinski definition) is 1. The van der Waals surface area contributed by atoms with E-state index in [0.29, 0.717) is 18.2 Å². The van der Waals surface area contributed by atoms with Crippen LogP contribution in [0.4, 0.5) is 10.1 Å². The van der Waals surface area contributed by atoms with Gasteiger partial charge in [0.05, 0.1) is 4.92 Å². The first-order valence-electron chi connectivity index (χ1n) is 6.30. The number of nitrogens with zero attached hydrogens (tertiary/aromatic N) is 3. The van der Waals surface area contributed by atoms with Crippen molar-refractivity contribution in [2.75, 3.05) is 18.0 Å². The Morgan fingerprint density at radius 3 is 2.70 bits per heavy atom. The fourth-order valence-electron chi connectivity index (χ4n) is 1.82. The van der Waals surface area contributed by atoms with Crippen molar-refractivity contribution < 1.29 is 4.92 Å². The van der Waals surface area contributed by atoms with Crippen LogP contribution >= 0.6 is 11.3 Å². The minimum Gasteiger partial charge on any atom is -0.344 e. The van der Waals surface area contributed by atoms with Crippen molar-refractivity contribution >= 4 is 21.5 Å². The molecule has 2 rings (SSSR count). The van der Waals surface area contributed by atoms with E-state index in [1.807, 2.05) is 35.2 Å². The summed E-state index contributed by atoms with van der Waals surface area (Å²) in [5.41, 5.74) is 6.69. The zero-order valence-electron chi connectivity index (χ0n) is 10.9. The quantitative estimate of drug-likeness (QED) is 0.625. The Morgan fingerprint density at radius 2 is 2.10 bits per heavy atom. The Morgan fingerprint density at radius 1 is 1.35 bits per heavy atom. The fourth-order valence-corrected chi connectivity index (χ4v) is 2.57. The lowest BCUT2D eigenvalue weighted by Gasteiger charge is -2.21. The van der Waals surface area contributed by atoms with Gasteiger partial charge in [-0.15, -0.1) is 0 Å². The molecule has 0 saturated carbocycles. The minimum atomic E-state index is -0.412. The van der Waals surface area contributed by atoms with Gasteiger partial charge in [0.2, 0.25) is 0 Å². The van der Waals surface area contributed by atoms with E-state index in [1.165, 1.54) is 6.20 Å². The van der Waals surface area contributed by atoms with Crippen LogP contribution in [-0.4, -0.2) is 23.0 Å². The lowest BCUT2D eigenvalue weighted by Crippen LogP contribution is -2.25. The second-order valence-corrected chi connectivity index (χ2v) is 5.28. The summed E-state index contributed by atoms with van der Waals surface area (Å²) in [6, 6.07) is 9.96. The van der Waals surface area contributed by atoms with E-state index in [9.17, 15) is 10.1 Å². The van der Waals surface area contributed by atoms with Gasteiger partial charge < -0.3 is 10.6 Å². The van der Waals surface area contributed by atoms with Gasteiger partial charge >= 0.3 is 5.00 Å². The van der Waals surface area contributed by atoms with Crippen LogP contribution in [-0.2, 0) is 6.54 Å². The van der Waals surface area contributed by atoms with Crippen LogP contribution in [0.2, 0.25) is 0 Å². The van der Waals surface area contributed by atoms with Gasteiger partial charge in [-0.3, -0.25) is 10.1 Å². The van der Waals surface area contributed by atoms with E-state index in [4.69, 9.17) is 5.73 Å². The van der Waals surface area contributed by atoms with Crippen LogP contribution in [0.15, 0.2) is 36.5 Å². The molecule has 0 aliphatic carbocycles. The molecule has 0 spiro atoms. The van der Waals surface area contributed by atoms with Crippen molar-refractivity contribution in [3.05, 3.63) is 52.2 Å². The molecule has 0 aliphatic heterocycles. The third-order valence-electron chi connectivity index (χ3n) is 2.78. The predicted octanol–water partition coefficient (Wildman–Crippen LogP) is 2.41. The topological polar surface area (TPSA) is 85.3 Å². The number of nitro groups is 1. The molecule has 7 heteroatoms. The van der Waals surface area contributed by atoms with Crippen molar-refractivity contribution in [2.45, 2.75) is 13.0 Å². The molecule has 0 aliphatic rings. The highest BCUT2D eigenvalue weighted by atomic mass is 32.1. The lowest BCUT2D eigenvalue weighted by molar-refractivity contribution is -0.380. The summed E-state index contributed by atoms with van der Waals surface area (Å²) in [4.78, 5) is 16.5. The number of thiazole rings is 1. The Bertz CT molecular complexity index is 559. The molecule has 0 bridgehead atoms. The van der Waals surface area contributed by atoms with E-state index < -0.39 is 4.92 Å². The van der Waals surface area contributed by atoms with E-state index in [1.54, 1.807) is 0 Å². The second-order valence-electron chi connectivity index (χ2n) is 4.29. The summed E-state index contributed by atoms with van der Waals surface area (Å²) in [6.45, 7) is 1.99. The van der Waals surface area contributed by atoms with Gasteiger partial charge in [0.25, 0.3) is 0 Å². The molecule has 2 aromatic rings. The lowest BCUT2D eigenvalue weighted by atomic mass is 10.2. The highest BCUT2D eigenvalue weighted by Crippen LogP contribution is 2.29. The summed E-state index contributed by atoms with van der Waals surface area (Å²) < 4.78 is 0. The Kier molecular flexibility index (Phi) is 5.03. The molecule has 0 radical (unpaired) electrons. The molecule has 0 unspecified atom stereocenters. The molecular weight excluding hydrogens is 276 g/mol.